The molecule has 0 spiro atoms. The van der Waals surface area contributed by atoms with Gasteiger partial charge in [-0.15, -0.1) is 0 Å². The van der Waals surface area contributed by atoms with Gasteiger partial charge in [0.2, 0.25) is 0 Å². The summed E-state index contributed by atoms with van der Waals surface area (Å²) in [6.45, 7) is 4.65. The predicted molar refractivity (Wildman–Crippen MR) is 139 cm³/mol. The summed E-state index contributed by atoms with van der Waals surface area (Å²) in [4.78, 5) is 21.6. The van der Waals surface area contributed by atoms with Gasteiger partial charge in [0.05, 0.1) is 6.04 Å². The molecule has 1 rings (SSSR count). The van der Waals surface area contributed by atoms with E-state index in [0.29, 0.717) is 13.0 Å². The second-order valence-corrected chi connectivity index (χ2v) is 9.07. The third-order valence-corrected chi connectivity index (χ3v) is 5.85. The van der Waals surface area contributed by atoms with E-state index in [0.717, 1.165) is 37.1 Å². The fourth-order valence-electron chi connectivity index (χ4n) is 3.71. The van der Waals surface area contributed by atoms with Gasteiger partial charge in [-0.2, -0.15) is 13.2 Å². The maximum atomic E-state index is 12.7. The van der Waals surface area contributed by atoms with E-state index in [1.54, 1.807) is 0 Å². The molecule has 0 aliphatic rings. The number of hydrogen-bond acceptors (Lipinski definition) is 5. The fourth-order valence-corrected chi connectivity index (χ4v) is 3.71. The molecule has 1 atom stereocenters. The van der Waals surface area contributed by atoms with Crippen LogP contribution in [0.25, 0.3) is 0 Å². The number of Topliss-reactive ketones (excluding diaryl/α,β-unsaturated/α-hetero) is 1. The van der Waals surface area contributed by atoms with Crippen LogP contribution in [0.4, 0.5) is 13.2 Å². The first-order valence-electron chi connectivity index (χ1n) is 13.2. The highest BCUT2D eigenvalue weighted by Crippen LogP contribution is 2.14. The van der Waals surface area contributed by atoms with Crippen LogP contribution in [0.2, 0.25) is 0 Å². The maximum absolute atomic E-state index is 12.7. The van der Waals surface area contributed by atoms with Gasteiger partial charge in [0.1, 0.15) is 0 Å². The monoisotopic (exact) mass is 517 g/mol. The number of unbranched alkanes of at least 4 members (excludes halogenated alkanes) is 10. The van der Waals surface area contributed by atoms with Gasteiger partial charge in [-0.3, -0.25) is 4.79 Å². The smallest absolute Gasteiger partial charge is 0.475 e. The second kappa shape index (κ2) is 21.1. The van der Waals surface area contributed by atoms with Gasteiger partial charge in [0, 0.05) is 12.1 Å². The molecule has 0 fully saturated rings. The summed E-state index contributed by atoms with van der Waals surface area (Å²) in [5, 5.41) is 10.6. The van der Waals surface area contributed by atoms with Crippen LogP contribution in [0, 0.1) is 0 Å². The minimum absolute atomic E-state index is 0.0540. The van der Waals surface area contributed by atoms with Gasteiger partial charge >= 0.3 is 12.1 Å². The Morgan fingerprint density at radius 3 is 1.97 bits per heavy atom. The standard InChI is InChI=1S/C25H45N3O.C2HF3O2/c1-2-3-4-5-6-7-8-9-10-15-20-28-21-22-16-11-12-17-23(22)25(29)24(27)18-13-14-19-26;3-2(4,5)1(6)7/h11-12,16-17,24,28H,2-10,13-15,18-21,26-27H2,1H3;(H,6,7)/t24-;/m0./s1. The number of ketones is 1. The lowest BCUT2D eigenvalue weighted by Gasteiger charge is -2.14. The Bertz CT molecular complexity index is 715. The average molecular weight is 518 g/mol. The van der Waals surface area contributed by atoms with Gasteiger partial charge in [-0.05, 0) is 37.9 Å². The van der Waals surface area contributed by atoms with E-state index in [2.05, 4.69) is 12.2 Å². The Balaban J connectivity index is 0.00000152. The van der Waals surface area contributed by atoms with Gasteiger partial charge in [0.15, 0.2) is 5.78 Å². The number of benzene rings is 1. The summed E-state index contributed by atoms with van der Waals surface area (Å²) >= 11 is 0. The molecule has 6 nitrogen and oxygen atoms in total. The highest BCUT2D eigenvalue weighted by molar-refractivity contribution is 6.01. The number of nitrogens with one attached hydrogen (secondary N) is 1. The van der Waals surface area contributed by atoms with E-state index in [1.165, 1.54) is 64.2 Å². The SMILES string of the molecule is CCCCCCCCCCCCNCc1ccccc1C(=O)[C@@H](N)CCCCN.O=C(O)C(F)(F)F. The number of aliphatic carboxylic acids is 1. The van der Waals surface area contributed by atoms with Crippen molar-refractivity contribution in [2.75, 3.05) is 13.1 Å². The molecule has 0 heterocycles. The van der Waals surface area contributed by atoms with Gasteiger partial charge < -0.3 is 21.9 Å². The van der Waals surface area contributed by atoms with Gasteiger partial charge in [0.25, 0.3) is 0 Å². The molecule has 36 heavy (non-hydrogen) atoms. The molecule has 0 saturated carbocycles. The van der Waals surface area contributed by atoms with E-state index < -0.39 is 18.2 Å². The van der Waals surface area contributed by atoms with E-state index in [1.807, 2.05) is 24.3 Å². The number of carboxylic acids is 1. The van der Waals surface area contributed by atoms with Crippen LogP contribution in [-0.2, 0) is 11.3 Å². The molecule has 0 unspecified atom stereocenters. The maximum Gasteiger partial charge on any atom is 0.490 e. The molecule has 0 aromatic heterocycles. The summed E-state index contributed by atoms with van der Waals surface area (Å²) in [5.41, 5.74) is 13.5. The highest BCUT2D eigenvalue weighted by atomic mass is 19.4. The summed E-state index contributed by atoms with van der Waals surface area (Å²) in [6.07, 6.45) is 10.9. The van der Waals surface area contributed by atoms with Gasteiger partial charge in [-0.25, -0.2) is 4.79 Å². The average Bonchev–Trinajstić information content (AvgIpc) is 2.84. The number of nitrogens with two attached hydrogens (primary N) is 2. The number of hydrogen-bond donors (Lipinski definition) is 4. The van der Waals surface area contributed by atoms with Crippen molar-refractivity contribution < 1.29 is 27.9 Å². The van der Waals surface area contributed by atoms with Crippen molar-refractivity contribution >= 4 is 11.8 Å². The van der Waals surface area contributed by atoms with Crippen molar-refractivity contribution in [2.24, 2.45) is 11.5 Å². The zero-order valence-electron chi connectivity index (χ0n) is 21.8. The summed E-state index contributed by atoms with van der Waals surface area (Å²) in [6, 6.07) is 7.43. The molecular formula is C27H46F3N3O3. The largest absolute Gasteiger partial charge is 0.490 e. The van der Waals surface area contributed by atoms with Crippen LogP contribution in [-0.4, -0.2) is 42.2 Å². The van der Waals surface area contributed by atoms with E-state index in [4.69, 9.17) is 21.4 Å². The molecule has 0 amide bonds. The molecule has 0 aliphatic heterocycles. The zero-order valence-corrected chi connectivity index (χ0v) is 21.8. The minimum Gasteiger partial charge on any atom is -0.475 e. The molecule has 0 aliphatic carbocycles. The molecule has 208 valence electrons. The third kappa shape index (κ3) is 17.5. The minimum atomic E-state index is -5.08. The van der Waals surface area contributed by atoms with Crippen molar-refractivity contribution in [1.82, 2.24) is 5.32 Å². The van der Waals surface area contributed by atoms with Crippen LogP contribution in [0.15, 0.2) is 24.3 Å². The molecule has 1 aromatic carbocycles. The van der Waals surface area contributed by atoms with Crippen LogP contribution >= 0.6 is 0 Å². The predicted octanol–water partition coefficient (Wildman–Crippen LogP) is 5.97. The van der Waals surface area contributed by atoms with Crippen LogP contribution in [0.3, 0.4) is 0 Å². The summed E-state index contributed by atoms with van der Waals surface area (Å²) in [5.74, 6) is -2.70. The Kier molecular flexibility index (Phi) is 20.0. The number of carbonyl (C=O) groups excluding carboxylic acids is 1. The lowest BCUT2D eigenvalue weighted by molar-refractivity contribution is -0.192. The number of carboxylic acid groups (broad SMARTS) is 1. The van der Waals surface area contributed by atoms with Crippen LogP contribution < -0.4 is 16.8 Å². The fraction of sp³-hybridized carbons (Fsp3) is 0.704. The lowest BCUT2D eigenvalue weighted by Crippen LogP contribution is -2.31. The number of alkyl halides is 3. The van der Waals surface area contributed by atoms with E-state index in [9.17, 15) is 18.0 Å². The number of halogens is 3. The zero-order chi connectivity index (χ0) is 27.2. The summed E-state index contributed by atoms with van der Waals surface area (Å²) in [7, 11) is 0. The lowest BCUT2D eigenvalue weighted by atomic mass is 9.96. The quantitative estimate of drug-likeness (QED) is 0.133. The second-order valence-electron chi connectivity index (χ2n) is 9.07. The van der Waals surface area contributed by atoms with Crippen molar-refractivity contribution in [1.29, 1.82) is 0 Å². The van der Waals surface area contributed by atoms with Crippen molar-refractivity contribution in [3.63, 3.8) is 0 Å². The van der Waals surface area contributed by atoms with Crippen molar-refractivity contribution in [3.8, 4) is 0 Å². The van der Waals surface area contributed by atoms with Crippen LogP contribution in [0.5, 0.6) is 0 Å². The molecule has 0 bridgehead atoms. The molecule has 6 N–H and O–H groups in total. The van der Waals surface area contributed by atoms with Crippen molar-refractivity contribution in [3.05, 3.63) is 35.4 Å². The molecule has 1 aromatic rings. The Morgan fingerprint density at radius 1 is 0.917 bits per heavy atom. The normalized spacial score (nSPS) is 12.1. The van der Waals surface area contributed by atoms with E-state index >= 15 is 0 Å². The van der Waals surface area contributed by atoms with E-state index in [-0.39, 0.29) is 5.78 Å². The molecule has 0 saturated heterocycles. The first-order valence-corrected chi connectivity index (χ1v) is 13.2. The first-order chi connectivity index (χ1) is 17.1. The molecular weight excluding hydrogens is 471 g/mol. The van der Waals surface area contributed by atoms with Gasteiger partial charge in [-0.1, -0.05) is 95.4 Å². The topological polar surface area (TPSA) is 118 Å². The Hall–Kier alpha value is -1.97. The van der Waals surface area contributed by atoms with Crippen LogP contribution in [0.1, 0.15) is 106 Å². The highest BCUT2D eigenvalue weighted by Gasteiger charge is 2.38. The third-order valence-electron chi connectivity index (χ3n) is 5.85. The van der Waals surface area contributed by atoms with Crippen molar-refractivity contribution in [2.45, 2.75) is 109 Å². The first kappa shape index (κ1) is 34.0. The number of carbonyl (C=O) groups is 2. The number of rotatable bonds is 19. The molecule has 0 radical (unpaired) electrons. The Morgan fingerprint density at radius 2 is 1.44 bits per heavy atom. The summed E-state index contributed by atoms with van der Waals surface area (Å²) < 4.78 is 31.7. The molecule has 9 heteroatoms. The Labute approximate surface area is 214 Å².